The van der Waals surface area contributed by atoms with Crippen LogP contribution in [0.5, 0.6) is 0 Å². The van der Waals surface area contributed by atoms with Crippen molar-refractivity contribution in [3.05, 3.63) is 35.6 Å². The predicted octanol–water partition coefficient (Wildman–Crippen LogP) is 2.09. The van der Waals surface area contributed by atoms with Crippen molar-refractivity contribution in [2.24, 2.45) is 11.7 Å². The molecule has 3 aliphatic rings. The number of fused-ring (bicyclic) bond motifs is 3. The van der Waals surface area contributed by atoms with Crippen LogP contribution in [-0.4, -0.2) is 24.0 Å². The van der Waals surface area contributed by atoms with E-state index in [2.05, 4.69) is 11.8 Å². The summed E-state index contributed by atoms with van der Waals surface area (Å²) in [6.07, 6.45) is 2.41. The van der Waals surface area contributed by atoms with Gasteiger partial charge in [-0.05, 0) is 56.5 Å². The zero-order chi connectivity index (χ0) is 12.0. The van der Waals surface area contributed by atoms with Crippen LogP contribution in [0.1, 0.15) is 25.3 Å². The second-order valence-corrected chi connectivity index (χ2v) is 5.50. The summed E-state index contributed by atoms with van der Waals surface area (Å²) in [7, 11) is 0. The largest absolute Gasteiger partial charge is 0.326 e. The standard InChI is InChI=1S/C14H19FN2/c1-14(11-2-4-12(15)5-3-11)13(16)10-6-8-17(14)9-7-10/h2-5,10,13H,6-9,16H2,1H3. The van der Waals surface area contributed by atoms with E-state index in [0.717, 1.165) is 18.7 Å². The van der Waals surface area contributed by atoms with Crippen LogP contribution in [0, 0.1) is 11.7 Å². The lowest BCUT2D eigenvalue weighted by Crippen LogP contribution is -2.66. The van der Waals surface area contributed by atoms with Crippen LogP contribution >= 0.6 is 0 Å². The van der Waals surface area contributed by atoms with Crippen molar-refractivity contribution >= 4 is 0 Å². The molecule has 3 heterocycles. The lowest BCUT2D eigenvalue weighted by atomic mass is 9.68. The van der Waals surface area contributed by atoms with Crippen molar-refractivity contribution in [1.29, 1.82) is 0 Å². The first-order chi connectivity index (χ1) is 8.12. The summed E-state index contributed by atoms with van der Waals surface area (Å²) >= 11 is 0. The minimum atomic E-state index is -0.179. The molecule has 2 atom stereocenters. The van der Waals surface area contributed by atoms with E-state index < -0.39 is 0 Å². The van der Waals surface area contributed by atoms with Crippen LogP contribution in [0.25, 0.3) is 0 Å². The van der Waals surface area contributed by atoms with Gasteiger partial charge < -0.3 is 5.73 Å². The summed E-state index contributed by atoms with van der Waals surface area (Å²) in [5, 5.41) is 0. The van der Waals surface area contributed by atoms with Gasteiger partial charge in [-0.3, -0.25) is 4.90 Å². The fourth-order valence-corrected chi connectivity index (χ4v) is 3.56. The Hall–Kier alpha value is -0.930. The Balaban J connectivity index is 2.02. The molecule has 4 rings (SSSR count). The highest BCUT2D eigenvalue weighted by Crippen LogP contribution is 2.44. The Kier molecular flexibility index (Phi) is 2.49. The van der Waals surface area contributed by atoms with Gasteiger partial charge in [-0.2, -0.15) is 0 Å². The van der Waals surface area contributed by atoms with Crippen molar-refractivity contribution in [2.45, 2.75) is 31.3 Å². The molecule has 92 valence electrons. The van der Waals surface area contributed by atoms with Gasteiger partial charge in [-0.15, -0.1) is 0 Å². The Morgan fingerprint density at radius 1 is 1.24 bits per heavy atom. The zero-order valence-electron chi connectivity index (χ0n) is 10.2. The number of halogens is 1. The fourth-order valence-electron chi connectivity index (χ4n) is 3.56. The smallest absolute Gasteiger partial charge is 0.123 e. The summed E-state index contributed by atoms with van der Waals surface area (Å²) < 4.78 is 13.0. The van der Waals surface area contributed by atoms with E-state index >= 15 is 0 Å². The van der Waals surface area contributed by atoms with Gasteiger partial charge in [-0.25, -0.2) is 4.39 Å². The van der Waals surface area contributed by atoms with E-state index in [1.165, 1.54) is 25.0 Å². The Morgan fingerprint density at radius 2 is 1.82 bits per heavy atom. The van der Waals surface area contributed by atoms with Crippen molar-refractivity contribution < 1.29 is 4.39 Å². The molecule has 2 unspecified atom stereocenters. The molecular formula is C14H19FN2. The normalized spacial score (nSPS) is 40.5. The molecule has 0 spiro atoms. The molecule has 3 aliphatic heterocycles. The van der Waals surface area contributed by atoms with Crippen LogP contribution in [0.15, 0.2) is 24.3 Å². The molecule has 0 amide bonds. The van der Waals surface area contributed by atoms with Gasteiger partial charge in [0.1, 0.15) is 5.82 Å². The molecule has 0 radical (unpaired) electrons. The number of hydrogen-bond acceptors (Lipinski definition) is 2. The van der Waals surface area contributed by atoms with Gasteiger partial charge in [-0.1, -0.05) is 12.1 Å². The molecule has 1 aromatic carbocycles. The number of hydrogen-bond donors (Lipinski definition) is 1. The molecule has 3 saturated heterocycles. The minimum Gasteiger partial charge on any atom is -0.326 e. The summed E-state index contributed by atoms with van der Waals surface area (Å²) in [5.74, 6) is 0.442. The molecule has 1 aromatic rings. The Labute approximate surface area is 102 Å². The summed E-state index contributed by atoms with van der Waals surface area (Å²) in [6.45, 7) is 4.44. The highest BCUT2D eigenvalue weighted by Gasteiger charge is 2.49. The molecule has 3 heteroatoms. The van der Waals surface area contributed by atoms with Crippen LogP contribution in [0.2, 0.25) is 0 Å². The maximum atomic E-state index is 13.0. The molecule has 3 fully saturated rings. The number of nitrogens with two attached hydrogens (primary N) is 1. The fraction of sp³-hybridized carbons (Fsp3) is 0.571. The quantitative estimate of drug-likeness (QED) is 0.806. The van der Waals surface area contributed by atoms with Crippen LogP contribution < -0.4 is 5.73 Å². The summed E-state index contributed by atoms with van der Waals surface area (Å²) in [5.41, 5.74) is 7.47. The SMILES string of the molecule is CC1(c2ccc(F)cc2)C(N)C2CCN1CC2. The first kappa shape index (κ1) is 11.2. The monoisotopic (exact) mass is 234 g/mol. The molecule has 0 aliphatic carbocycles. The summed E-state index contributed by atoms with van der Waals surface area (Å²) in [6, 6.07) is 7.01. The van der Waals surface area contributed by atoms with E-state index in [0.29, 0.717) is 5.92 Å². The Morgan fingerprint density at radius 3 is 2.35 bits per heavy atom. The van der Waals surface area contributed by atoms with Gasteiger partial charge in [0.05, 0.1) is 5.54 Å². The van der Waals surface area contributed by atoms with Gasteiger partial charge in [0.2, 0.25) is 0 Å². The van der Waals surface area contributed by atoms with Crippen molar-refractivity contribution in [3.63, 3.8) is 0 Å². The van der Waals surface area contributed by atoms with Crippen molar-refractivity contribution in [2.75, 3.05) is 13.1 Å². The third-order valence-electron chi connectivity index (χ3n) is 4.78. The lowest BCUT2D eigenvalue weighted by Gasteiger charge is -2.57. The number of nitrogens with zero attached hydrogens (tertiary/aromatic N) is 1. The lowest BCUT2D eigenvalue weighted by molar-refractivity contribution is -0.0418. The average Bonchev–Trinajstić information content (AvgIpc) is 2.36. The average molecular weight is 234 g/mol. The first-order valence-corrected chi connectivity index (χ1v) is 6.39. The molecule has 17 heavy (non-hydrogen) atoms. The Bertz CT molecular complexity index is 405. The maximum Gasteiger partial charge on any atom is 0.123 e. The van der Waals surface area contributed by atoms with Crippen molar-refractivity contribution in [1.82, 2.24) is 4.90 Å². The third-order valence-corrected chi connectivity index (χ3v) is 4.78. The number of rotatable bonds is 1. The minimum absolute atomic E-state index is 0.116. The summed E-state index contributed by atoms with van der Waals surface area (Å²) in [4.78, 5) is 2.46. The molecule has 2 N–H and O–H groups in total. The van der Waals surface area contributed by atoms with Gasteiger partial charge in [0, 0.05) is 6.04 Å². The zero-order valence-corrected chi connectivity index (χ0v) is 10.2. The highest BCUT2D eigenvalue weighted by molar-refractivity contribution is 5.29. The first-order valence-electron chi connectivity index (χ1n) is 6.39. The van der Waals surface area contributed by atoms with Gasteiger partial charge >= 0.3 is 0 Å². The van der Waals surface area contributed by atoms with Gasteiger partial charge in [0.25, 0.3) is 0 Å². The van der Waals surface area contributed by atoms with Gasteiger partial charge in [0.15, 0.2) is 0 Å². The topological polar surface area (TPSA) is 29.3 Å². The molecule has 0 saturated carbocycles. The van der Waals surface area contributed by atoms with Crippen LogP contribution in [0.3, 0.4) is 0 Å². The number of piperidine rings is 3. The van der Waals surface area contributed by atoms with E-state index in [4.69, 9.17) is 5.73 Å². The predicted molar refractivity (Wildman–Crippen MR) is 66.0 cm³/mol. The third kappa shape index (κ3) is 1.53. The van der Waals surface area contributed by atoms with Crippen LogP contribution in [-0.2, 0) is 5.54 Å². The van der Waals surface area contributed by atoms with E-state index in [-0.39, 0.29) is 17.4 Å². The molecular weight excluding hydrogens is 215 g/mol. The highest BCUT2D eigenvalue weighted by atomic mass is 19.1. The van der Waals surface area contributed by atoms with Crippen LogP contribution in [0.4, 0.5) is 4.39 Å². The van der Waals surface area contributed by atoms with E-state index in [1.54, 1.807) is 0 Å². The maximum absolute atomic E-state index is 13.0. The second-order valence-electron chi connectivity index (χ2n) is 5.50. The molecule has 0 aromatic heterocycles. The molecule has 2 bridgehead atoms. The van der Waals surface area contributed by atoms with E-state index in [9.17, 15) is 4.39 Å². The molecule has 2 nitrogen and oxygen atoms in total. The van der Waals surface area contributed by atoms with Crippen molar-refractivity contribution in [3.8, 4) is 0 Å². The second kappa shape index (κ2) is 3.79. The van der Waals surface area contributed by atoms with E-state index in [1.807, 2.05) is 12.1 Å². The number of benzene rings is 1.